The van der Waals surface area contributed by atoms with E-state index >= 15 is 0 Å². The summed E-state index contributed by atoms with van der Waals surface area (Å²) in [6, 6.07) is 8.55. The van der Waals surface area contributed by atoms with Gasteiger partial charge in [-0.2, -0.15) is 5.26 Å². The fourth-order valence-corrected chi connectivity index (χ4v) is 4.54. The number of aryl methyl sites for hydroxylation is 1. The Balaban J connectivity index is 1.51. The number of fused-ring (bicyclic) bond motifs is 2. The predicted octanol–water partition coefficient (Wildman–Crippen LogP) is 3.28. The van der Waals surface area contributed by atoms with Gasteiger partial charge in [-0.25, -0.2) is 9.97 Å². The molecular formula is C22H24N6O. The number of nitrogens with zero attached hydrogens (tertiary/aromatic N) is 5. The average molecular weight is 388 g/mol. The van der Waals surface area contributed by atoms with Crippen LogP contribution in [0, 0.1) is 23.7 Å². The van der Waals surface area contributed by atoms with Crippen LogP contribution in [-0.2, 0) is 10.2 Å². The van der Waals surface area contributed by atoms with Crippen molar-refractivity contribution in [3.8, 4) is 6.07 Å². The monoisotopic (exact) mass is 388 g/mol. The van der Waals surface area contributed by atoms with Gasteiger partial charge in [0.25, 0.3) is 0 Å². The average Bonchev–Trinajstić information content (AvgIpc) is 3.35. The first-order valence-electron chi connectivity index (χ1n) is 10.0. The van der Waals surface area contributed by atoms with E-state index in [1.807, 2.05) is 19.2 Å². The van der Waals surface area contributed by atoms with Gasteiger partial charge in [0.2, 0.25) is 5.91 Å². The fourth-order valence-electron chi connectivity index (χ4n) is 4.54. The van der Waals surface area contributed by atoms with Gasteiger partial charge in [-0.15, -0.1) is 0 Å². The van der Waals surface area contributed by atoms with Crippen molar-refractivity contribution in [2.75, 3.05) is 34.8 Å². The van der Waals surface area contributed by atoms with Crippen molar-refractivity contribution in [1.29, 1.82) is 5.26 Å². The van der Waals surface area contributed by atoms with Crippen molar-refractivity contribution >= 4 is 29.0 Å². The minimum Gasteiger partial charge on any atom is -0.353 e. The summed E-state index contributed by atoms with van der Waals surface area (Å²) in [5.74, 6) is 2.27. The Morgan fingerprint density at radius 2 is 1.93 bits per heavy atom. The van der Waals surface area contributed by atoms with E-state index in [1.165, 1.54) is 12.5 Å². The van der Waals surface area contributed by atoms with Crippen molar-refractivity contribution in [3.63, 3.8) is 0 Å². The second-order valence-corrected chi connectivity index (χ2v) is 9.02. The molecule has 0 unspecified atom stereocenters. The summed E-state index contributed by atoms with van der Waals surface area (Å²) in [6.07, 6.45) is 4.23. The molecule has 0 aromatic carbocycles. The first-order valence-corrected chi connectivity index (χ1v) is 10.0. The van der Waals surface area contributed by atoms with Crippen molar-refractivity contribution in [3.05, 3.63) is 35.5 Å². The number of carbonyl (C=O) groups excluding carboxylic acids is 1. The SMILES string of the molecule is CC(=O)Nc1cc2c(cn1)C1(CC1)CN2c1cc(C)cc(N2CC(C)(C#N)C2)n1. The van der Waals surface area contributed by atoms with Crippen molar-refractivity contribution in [2.24, 2.45) is 5.41 Å². The van der Waals surface area contributed by atoms with E-state index in [0.29, 0.717) is 18.9 Å². The summed E-state index contributed by atoms with van der Waals surface area (Å²) in [6.45, 7) is 7.86. The van der Waals surface area contributed by atoms with Crippen LogP contribution in [0.3, 0.4) is 0 Å². The van der Waals surface area contributed by atoms with E-state index in [1.54, 1.807) is 0 Å². The lowest BCUT2D eigenvalue weighted by molar-refractivity contribution is -0.114. The quantitative estimate of drug-likeness (QED) is 0.869. The zero-order chi connectivity index (χ0) is 20.4. The molecule has 5 rings (SSSR count). The molecule has 1 aliphatic carbocycles. The summed E-state index contributed by atoms with van der Waals surface area (Å²) >= 11 is 0. The highest BCUT2D eigenvalue weighted by atomic mass is 16.1. The third-order valence-electron chi connectivity index (χ3n) is 6.26. The third kappa shape index (κ3) is 2.91. The number of nitriles is 1. The standard InChI is InChI=1S/C22H24N6O/c1-14-6-19(27-11-21(3,10-23)12-27)26-20(7-14)28-13-22(4-5-22)16-9-24-18(8-17(16)28)25-15(2)29/h6-9H,4-5,11-13H2,1-3H3,(H,24,25,29). The van der Waals surface area contributed by atoms with Gasteiger partial charge in [0.1, 0.15) is 17.5 Å². The molecule has 1 N–H and O–H groups in total. The number of rotatable bonds is 3. The first-order chi connectivity index (χ1) is 13.8. The Hall–Kier alpha value is -3.14. The normalized spacial score (nSPS) is 20.1. The maximum absolute atomic E-state index is 11.5. The largest absolute Gasteiger partial charge is 0.353 e. The number of hydrogen-bond donors (Lipinski definition) is 1. The van der Waals surface area contributed by atoms with Crippen LogP contribution in [0.5, 0.6) is 0 Å². The van der Waals surface area contributed by atoms with Gasteiger partial charge < -0.3 is 15.1 Å². The molecule has 4 heterocycles. The molecule has 2 aromatic rings. The van der Waals surface area contributed by atoms with Crippen LogP contribution in [0.2, 0.25) is 0 Å². The van der Waals surface area contributed by atoms with Crippen LogP contribution in [0.15, 0.2) is 24.4 Å². The Kier molecular flexibility index (Phi) is 3.66. The Labute approximate surface area is 170 Å². The van der Waals surface area contributed by atoms with Crippen LogP contribution in [-0.4, -0.2) is 35.5 Å². The summed E-state index contributed by atoms with van der Waals surface area (Å²) in [4.78, 5) is 25.3. The van der Waals surface area contributed by atoms with Crippen molar-refractivity contribution in [1.82, 2.24) is 9.97 Å². The first kappa shape index (κ1) is 17.9. The summed E-state index contributed by atoms with van der Waals surface area (Å²) in [5, 5.41) is 12.1. The third-order valence-corrected chi connectivity index (χ3v) is 6.26. The maximum Gasteiger partial charge on any atom is 0.222 e. The summed E-state index contributed by atoms with van der Waals surface area (Å²) in [7, 11) is 0. The molecule has 7 heteroatoms. The predicted molar refractivity (Wildman–Crippen MR) is 111 cm³/mol. The van der Waals surface area contributed by atoms with Gasteiger partial charge in [0.05, 0.1) is 17.2 Å². The van der Waals surface area contributed by atoms with Gasteiger partial charge in [-0.3, -0.25) is 4.79 Å². The summed E-state index contributed by atoms with van der Waals surface area (Å²) < 4.78 is 0. The molecule has 29 heavy (non-hydrogen) atoms. The molecule has 2 aliphatic heterocycles. The zero-order valence-electron chi connectivity index (χ0n) is 17.0. The number of anilines is 4. The summed E-state index contributed by atoms with van der Waals surface area (Å²) in [5.41, 5.74) is 3.35. The molecule has 0 atom stereocenters. The maximum atomic E-state index is 11.5. The smallest absolute Gasteiger partial charge is 0.222 e. The molecule has 2 aromatic heterocycles. The lowest BCUT2D eigenvalue weighted by Crippen LogP contribution is -2.54. The molecule has 2 fully saturated rings. The molecule has 1 amide bonds. The van der Waals surface area contributed by atoms with Crippen molar-refractivity contribution < 1.29 is 4.79 Å². The van der Waals surface area contributed by atoms with Crippen LogP contribution in [0.4, 0.5) is 23.1 Å². The minimum atomic E-state index is -0.289. The van der Waals surface area contributed by atoms with Gasteiger partial charge in [-0.1, -0.05) is 0 Å². The second kappa shape index (κ2) is 5.93. The van der Waals surface area contributed by atoms with Crippen LogP contribution >= 0.6 is 0 Å². The molecule has 1 saturated carbocycles. The highest BCUT2D eigenvalue weighted by Gasteiger charge is 2.52. The van der Waals surface area contributed by atoms with Gasteiger partial charge in [-0.05, 0) is 44.4 Å². The number of amides is 1. The van der Waals surface area contributed by atoms with E-state index in [2.05, 4.69) is 45.2 Å². The highest BCUT2D eigenvalue weighted by molar-refractivity contribution is 5.89. The topological polar surface area (TPSA) is 85.2 Å². The molecular weight excluding hydrogens is 364 g/mol. The Bertz CT molecular complexity index is 1060. The number of carbonyl (C=O) groups is 1. The zero-order valence-corrected chi connectivity index (χ0v) is 17.0. The van der Waals surface area contributed by atoms with Gasteiger partial charge >= 0.3 is 0 Å². The highest BCUT2D eigenvalue weighted by Crippen LogP contribution is 2.58. The molecule has 0 bridgehead atoms. The fraction of sp³-hybridized carbons (Fsp3) is 0.455. The lowest BCUT2D eigenvalue weighted by atomic mass is 9.84. The van der Waals surface area contributed by atoms with E-state index in [4.69, 9.17) is 4.98 Å². The Morgan fingerprint density at radius 1 is 1.21 bits per heavy atom. The number of nitrogens with one attached hydrogen (secondary N) is 1. The number of pyridine rings is 2. The van der Waals surface area contributed by atoms with Crippen LogP contribution in [0.25, 0.3) is 0 Å². The lowest BCUT2D eigenvalue weighted by Gasteiger charge is -2.44. The molecule has 3 aliphatic rings. The number of aromatic nitrogens is 2. The van der Waals surface area contributed by atoms with E-state index in [-0.39, 0.29) is 16.7 Å². The molecule has 0 radical (unpaired) electrons. The van der Waals surface area contributed by atoms with E-state index < -0.39 is 0 Å². The molecule has 1 saturated heterocycles. The molecule has 148 valence electrons. The van der Waals surface area contributed by atoms with Crippen LogP contribution in [0.1, 0.15) is 37.8 Å². The van der Waals surface area contributed by atoms with E-state index in [9.17, 15) is 10.1 Å². The van der Waals surface area contributed by atoms with Gasteiger partial charge in [0, 0.05) is 49.8 Å². The number of hydrogen-bond acceptors (Lipinski definition) is 6. The molecule has 7 nitrogen and oxygen atoms in total. The minimum absolute atomic E-state index is 0.127. The van der Waals surface area contributed by atoms with Crippen LogP contribution < -0.4 is 15.1 Å². The van der Waals surface area contributed by atoms with E-state index in [0.717, 1.165) is 42.3 Å². The van der Waals surface area contributed by atoms with Crippen molar-refractivity contribution in [2.45, 2.75) is 39.0 Å². The second-order valence-electron chi connectivity index (χ2n) is 9.02. The molecule has 1 spiro atoms. The van der Waals surface area contributed by atoms with Gasteiger partial charge in [0.15, 0.2) is 0 Å². The Morgan fingerprint density at radius 3 is 2.59 bits per heavy atom.